The normalized spacial score (nSPS) is 10.6. The molecule has 3 N–H and O–H groups in total. The van der Waals surface area contributed by atoms with E-state index >= 15 is 0 Å². The van der Waals surface area contributed by atoms with Gasteiger partial charge in [-0.1, -0.05) is 18.2 Å². The van der Waals surface area contributed by atoms with Gasteiger partial charge in [0.25, 0.3) is 0 Å². The number of fused-ring (bicyclic) bond motifs is 1. The van der Waals surface area contributed by atoms with Gasteiger partial charge in [-0.15, -0.1) is 0 Å². The van der Waals surface area contributed by atoms with Crippen LogP contribution >= 0.6 is 0 Å². The van der Waals surface area contributed by atoms with Gasteiger partial charge in [0.15, 0.2) is 5.78 Å². The summed E-state index contributed by atoms with van der Waals surface area (Å²) in [7, 11) is 0. The summed E-state index contributed by atoms with van der Waals surface area (Å²) in [6.45, 7) is 0.111. The van der Waals surface area contributed by atoms with Crippen molar-refractivity contribution in [1.29, 1.82) is 0 Å². The van der Waals surface area contributed by atoms with Crippen LogP contribution in [0.5, 0.6) is 0 Å². The molecule has 72 valence electrons. The molecule has 1 aromatic heterocycles. The Morgan fingerprint density at radius 3 is 2.93 bits per heavy atom. The summed E-state index contributed by atoms with van der Waals surface area (Å²) < 4.78 is 0. The van der Waals surface area contributed by atoms with Crippen molar-refractivity contribution in [3.05, 3.63) is 36.0 Å². The lowest BCUT2D eigenvalue weighted by Gasteiger charge is -1.95. The second-order valence-corrected chi connectivity index (χ2v) is 3.28. The first-order valence-corrected chi connectivity index (χ1v) is 4.58. The standard InChI is InChI=1S/C11H12N2O/c12-6-9(14)5-8-7-13-11-4-2-1-3-10(8)11/h1-4,7,13H,5-6,12H2. The molecule has 0 saturated carbocycles. The summed E-state index contributed by atoms with van der Waals surface area (Å²) >= 11 is 0. The molecule has 0 aliphatic rings. The third kappa shape index (κ3) is 1.54. The Morgan fingerprint density at radius 2 is 2.14 bits per heavy atom. The Hall–Kier alpha value is -1.61. The van der Waals surface area contributed by atoms with E-state index in [0.717, 1.165) is 16.5 Å². The van der Waals surface area contributed by atoms with E-state index in [2.05, 4.69) is 4.98 Å². The van der Waals surface area contributed by atoms with Crippen molar-refractivity contribution < 1.29 is 4.79 Å². The Bertz CT molecular complexity index is 459. The zero-order valence-corrected chi connectivity index (χ0v) is 7.79. The number of rotatable bonds is 3. The fourth-order valence-corrected chi connectivity index (χ4v) is 1.56. The van der Waals surface area contributed by atoms with E-state index in [1.807, 2.05) is 30.5 Å². The summed E-state index contributed by atoms with van der Waals surface area (Å²) in [6.07, 6.45) is 2.29. The van der Waals surface area contributed by atoms with Crippen LogP contribution in [0, 0.1) is 0 Å². The van der Waals surface area contributed by atoms with Crippen LogP contribution in [0.4, 0.5) is 0 Å². The van der Waals surface area contributed by atoms with Crippen LogP contribution in [0.15, 0.2) is 30.5 Å². The number of nitrogens with two attached hydrogens (primary N) is 1. The lowest BCUT2D eigenvalue weighted by Crippen LogP contribution is -2.15. The molecule has 0 atom stereocenters. The highest BCUT2D eigenvalue weighted by atomic mass is 16.1. The number of para-hydroxylation sites is 1. The third-order valence-corrected chi connectivity index (χ3v) is 2.29. The summed E-state index contributed by atoms with van der Waals surface area (Å²) in [5, 5.41) is 1.11. The van der Waals surface area contributed by atoms with Gasteiger partial charge >= 0.3 is 0 Å². The van der Waals surface area contributed by atoms with E-state index in [9.17, 15) is 4.79 Å². The molecule has 14 heavy (non-hydrogen) atoms. The maximum Gasteiger partial charge on any atom is 0.150 e. The van der Waals surface area contributed by atoms with Gasteiger partial charge in [-0.05, 0) is 11.6 Å². The zero-order chi connectivity index (χ0) is 9.97. The number of hydrogen-bond acceptors (Lipinski definition) is 2. The van der Waals surface area contributed by atoms with Gasteiger partial charge in [0.2, 0.25) is 0 Å². The van der Waals surface area contributed by atoms with Gasteiger partial charge in [0.05, 0.1) is 6.54 Å². The van der Waals surface area contributed by atoms with Crippen molar-refractivity contribution in [2.75, 3.05) is 6.54 Å². The van der Waals surface area contributed by atoms with Crippen LogP contribution in [0.1, 0.15) is 5.56 Å². The van der Waals surface area contributed by atoms with Crippen LogP contribution in [0.25, 0.3) is 10.9 Å². The van der Waals surface area contributed by atoms with Gasteiger partial charge in [0, 0.05) is 23.5 Å². The number of aromatic nitrogens is 1. The summed E-state index contributed by atoms with van der Waals surface area (Å²) in [5.74, 6) is 0.0646. The summed E-state index contributed by atoms with van der Waals surface area (Å²) in [5.41, 5.74) is 7.36. The van der Waals surface area contributed by atoms with Gasteiger partial charge in [-0.25, -0.2) is 0 Å². The molecule has 0 unspecified atom stereocenters. The molecule has 0 amide bonds. The summed E-state index contributed by atoms with van der Waals surface area (Å²) in [6, 6.07) is 7.93. The molecule has 0 aliphatic carbocycles. The Kier molecular flexibility index (Phi) is 2.33. The van der Waals surface area contributed by atoms with Crippen LogP contribution in [0.2, 0.25) is 0 Å². The number of hydrogen-bond donors (Lipinski definition) is 2. The highest BCUT2D eigenvalue weighted by Crippen LogP contribution is 2.17. The van der Waals surface area contributed by atoms with E-state index in [0.29, 0.717) is 6.42 Å². The van der Waals surface area contributed by atoms with E-state index in [1.54, 1.807) is 0 Å². The molecule has 0 bridgehead atoms. The number of aromatic amines is 1. The van der Waals surface area contributed by atoms with Crippen LogP contribution < -0.4 is 5.73 Å². The molecule has 1 aromatic carbocycles. The first-order chi connectivity index (χ1) is 6.81. The maximum absolute atomic E-state index is 11.2. The number of carbonyl (C=O) groups is 1. The molecule has 0 aliphatic heterocycles. The quantitative estimate of drug-likeness (QED) is 0.761. The number of Topliss-reactive ketones (excluding diaryl/α,β-unsaturated/α-hetero) is 1. The highest BCUT2D eigenvalue weighted by molar-refractivity contribution is 5.90. The number of benzene rings is 1. The van der Waals surface area contributed by atoms with Crippen molar-refractivity contribution in [3.63, 3.8) is 0 Å². The smallest absolute Gasteiger partial charge is 0.150 e. The maximum atomic E-state index is 11.2. The van der Waals surface area contributed by atoms with Crippen molar-refractivity contribution in [2.24, 2.45) is 5.73 Å². The Morgan fingerprint density at radius 1 is 1.36 bits per heavy atom. The summed E-state index contributed by atoms with van der Waals surface area (Å²) in [4.78, 5) is 14.3. The number of H-pyrrole nitrogens is 1. The minimum absolute atomic E-state index is 0.0646. The predicted molar refractivity (Wildman–Crippen MR) is 56.1 cm³/mol. The molecular formula is C11H12N2O. The number of carbonyl (C=O) groups excluding carboxylic acids is 1. The van der Waals surface area contributed by atoms with E-state index in [1.165, 1.54) is 0 Å². The zero-order valence-electron chi connectivity index (χ0n) is 7.79. The van der Waals surface area contributed by atoms with E-state index in [4.69, 9.17) is 5.73 Å². The minimum atomic E-state index is 0.0646. The first-order valence-electron chi connectivity index (χ1n) is 4.58. The molecule has 0 saturated heterocycles. The fraction of sp³-hybridized carbons (Fsp3) is 0.182. The number of ketones is 1. The van der Waals surface area contributed by atoms with Crippen molar-refractivity contribution in [2.45, 2.75) is 6.42 Å². The minimum Gasteiger partial charge on any atom is -0.361 e. The molecule has 1 heterocycles. The topological polar surface area (TPSA) is 58.9 Å². The largest absolute Gasteiger partial charge is 0.361 e. The third-order valence-electron chi connectivity index (χ3n) is 2.29. The first kappa shape index (κ1) is 8.97. The molecule has 3 heteroatoms. The predicted octanol–water partition coefficient (Wildman–Crippen LogP) is 1.24. The van der Waals surface area contributed by atoms with E-state index < -0.39 is 0 Å². The van der Waals surface area contributed by atoms with Gasteiger partial charge in [0.1, 0.15) is 0 Å². The van der Waals surface area contributed by atoms with Crippen molar-refractivity contribution >= 4 is 16.7 Å². The van der Waals surface area contributed by atoms with Crippen LogP contribution in [-0.4, -0.2) is 17.3 Å². The fourth-order valence-electron chi connectivity index (χ4n) is 1.56. The molecule has 2 aromatic rings. The second-order valence-electron chi connectivity index (χ2n) is 3.28. The Balaban J connectivity index is 2.38. The lowest BCUT2D eigenvalue weighted by molar-refractivity contribution is -0.117. The SMILES string of the molecule is NCC(=O)Cc1c[nH]c2ccccc12. The van der Waals surface area contributed by atoms with Gasteiger partial charge in [-0.2, -0.15) is 0 Å². The Labute approximate surface area is 81.9 Å². The van der Waals surface area contributed by atoms with Crippen molar-refractivity contribution in [3.8, 4) is 0 Å². The molecule has 0 spiro atoms. The lowest BCUT2D eigenvalue weighted by atomic mass is 10.1. The van der Waals surface area contributed by atoms with Gasteiger partial charge in [-0.3, -0.25) is 4.79 Å². The molecule has 3 nitrogen and oxygen atoms in total. The number of nitrogens with one attached hydrogen (secondary N) is 1. The average Bonchev–Trinajstić information content (AvgIpc) is 2.62. The van der Waals surface area contributed by atoms with Gasteiger partial charge < -0.3 is 10.7 Å². The van der Waals surface area contributed by atoms with Crippen LogP contribution in [0.3, 0.4) is 0 Å². The van der Waals surface area contributed by atoms with Crippen LogP contribution in [-0.2, 0) is 11.2 Å². The highest BCUT2D eigenvalue weighted by Gasteiger charge is 2.06. The monoisotopic (exact) mass is 188 g/mol. The molecule has 0 fully saturated rings. The van der Waals surface area contributed by atoms with E-state index in [-0.39, 0.29) is 12.3 Å². The molecule has 2 rings (SSSR count). The molecular weight excluding hydrogens is 176 g/mol. The second kappa shape index (κ2) is 3.64. The molecule has 0 radical (unpaired) electrons. The van der Waals surface area contributed by atoms with Crippen molar-refractivity contribution in [1.82, 2.24) is 4.98 Å². The average molecular weight is 188 g/mol.